The Labute approximate surface area is 239 Å². The molecule has 3 amide bonds. The summed E-state index contributed by atoms with van der Waals surface area (Å²) in [4.78, 5) is 41.1. The minimum absolute atomic E-state index is 0.0267. The monoisotopic (exact) mass is 554 g/mol. The Bertz CT molecular complexity index is 1460. The molecule has 1 aliphatic rings. The van der Waals surface area contributed by atoms with E-state index in [0.29, 0.717) is 11.3 Å². The molecule has 0 saturated heterocycles. The van der Waals surface area contributed by atoms with Crippen molar-refractivity contribution in [1.29, 1.82) is 0 Å². The lowest BCUT2D eigenvalue weighted by atomic mass is 9.49. The van der Waals surface area contributed by atoms with Crippen LogP contribution >= 0.6 is 0 Å². The third-order valence-corrected chi connectivity index (χ3v) is 5.82. The summed E-state index contributed by atoms with van der Waals surface area (Å²) in [6, 6.07) is 5.43. The standard InChI is InChI=1S/C24H25B3N8O6/c1-10(36)17(28-11(2)37)20-31-23(41-35-20)13-5-4-6-14(19(13)40-3)29-15-9-16(30-21(38)12-7-8-12)33-34-18(15)22(39)32-24(25,26)27/h4-6,9-10,12,17,36H,7-8H2,1-3H3,(H,28,37)(H,32,39)(H2,29,30,33,38)/t10-,17+/m0/s1. The second-order valence-electron chi connectivity index (χ2n) is 9.53. The molecule has 0 unspecified atom stereocenters. The van der Waals surface area contributed by atoms with E-state index < -0.39 is 23.3 Å². The highest BCUT2D eigenvalue weighted by Gasteiger charge is 2.31. The summed E-state index contributed by atoms with van der Waals surface area (Å²) in [5.41, 5.74) is 0.556. The third-order valence-electron chi connectivity index (χ3n) is 5.82. The normalized spacial score (nSPS) is 14.4. The minimum atomic E-state index is -2.04. The number of anilines is 3. The molecule has 6 radical (unpaired) electrons. The predicted octanol–water partition coefficient (Wildman–Crippen LogP) is 0.0319. The molecule has 206 valence electrons. The largest absolute Gasteiger partial charge is 0.494 e. The van der Waals surface area contributed by atoms with Crippen LogP contribution in [0, 0.1) is 5.92 Å². The van der Waals surface area contributed by atoms with E-state index in [-0.39, 0.29) is 52.4 Å². The van der Waals surface area contributed by atoms with Crippen LogP contribution in [0.25, 0.3) is 11.5 Å². The lowest BCUT2D eigenvalue weighted by molar-refractivity contribution is -0.120. The Balaban J connectivity index is 1.70. The quantitative estimate of drug-likeness (QED) is 0.201. The van der Waals surface area contributed by atoms with Gasteiger partial charge in [-0.3, -0.25) is 14.4 Å². The predicted molar refractivity (Wildman–Crippen MR) is 149 cm³/mol. The van der Waals surface area contributed by atoms with Crippen molar-refractivity contribution in [1.82, 2.24) is 31.0 Å². The van der Waals surface area contributed by atoms with Gasteiger partial charge >= 0.3 is 0 Å². The van der Waals surface area contributed by atoms with Gasteiger partial charge in [-0.1, -0.05) is 16.5 Å². The lowest BCUT2D eigenvalue weighted by Crippen LogP contribution is -2.50. The number of para-hydroxylation sites is 1. The van der Waals surface area contributed by atoms with Crippen LogP contribution in [0.3, 0.4) is 0 Å². The van der Waals surface area contributed by atoms with Crippen molar-refractivity contribution in [2.24, 2.45) is 5.92 Å². The highest BCUT2D eigenvalue weighted by atomic mass is 16.5. The van der Waals surface area contributed by atoms with Crippen molar-refractivity contribution < 1.29 is 28.8 Å². The van der Waals surface area contributed by atoms with Gasteiger partial charge in [0.15, 0.2) is 23.1 Å². The van der Waals surface area contributed by atoms with Crippen molar-refractivity contribution in [3.63, 3.8) is 0 Å². The van der Waals surface area contributed by atoms with Crippen LogP contribution in [0.1, 0.15) is 49.0 Å². The van der Waals surface area contributed by atoms with Crippen molar-refractivity contribution >= 4 is 58.5 Å². The molecule has 1 saturated carbocycles. The van der Waals surface area contributed by atoms with Gasteiger partial charge in [0.25, 0.3) is 11.8 Å². The Morgan fingerprint density at radius 2 is 1.90 bits per heavy atom. The fourth-order valence-electron chi connectivity index (χ4n) is 3.80. The van der Waals surface area contributed by atoms with Gasteiger partial charge in [-0.15, -0.1) is 10.2 Å². The molecule has 17 heteroatoms. The first kappa shape index (κ1) is 29.6. The number of benzene rings is 1. The molecule has 14 nitrogen and oxygen atoms in total. The number of rotatable bonds is 11. The summed E-state index contributed by atoms with van der Waals surface area (Å²) >= 11 is 0. The van der Waals surface area contributed by atoms with Crippen molar-refractivity contribution in [2.45, 2.75) is 44.1 Å². The van der Waals surface area contributed by atoms with Gasteiger partial charge in [0.1, 0.15) is 6.04 Å². The maximum Gasteiger partial charge on any atom is 0.272 e. The van der Waals surface area contributed by atoms with E-state index in [1.807, 2.05) is 0 Å². The molecular formula is C24H25B3N8O6. The van der Waals surface area contributed by atoms with E-state index in [1.165, 1.54) is 27.0 Å². The molecular weight excluding hydrogens is 529 g/mol. The first-order valence-electron chi connectivity index (χ1n) is 12.5. The zero-order chi connectivity index (χ0) is 29.9. The van der Waals surface area contributed by atoms with Crippen LogP contribution in [0.5, 0.6) is 5.75 Å². The Kier molecular flexibility index (Phi) is 8.66. The summed E-state index contributed by atoms with van der Waals surface area (Å²) in [6.07, 6.45) is 0.549. The highest BCUT2D eigenvalue weighted by Crippen LogP contribution is 2.38. The van der Waals surface area contributed by atoms with E-state index in [4.69, 9.17) is 32.8 Å². The van der Waals surface area contributed by atoms with E-state index in [2.05, 4.69) is 41.6 Å². The molecule has 1 aliphatic carbocycles. The van der Waals surface area contributed by atoms with Crippen LogP contribution < -0.4 is 26.0 Å². The molecule has 2 aromatic heterocycles. The van der Waals surface area contributed by atoms with Gasteiger partial charge in [-0.2, -0.15) is 4.98 Å². The molecule has 3 aromatic rings. The fraction of sp³-hybridized carbons (Fsp3) is 0.375. The maximum atomic E-state index is 12.9. The van der Waals surface area contributed by atoms with Gasteiger partial charge in [0.05, 0.1) is 53.7 Å². The van der Waals surface area contributed by atoms with E-state index in [0.717, 1.165) is 12.8 Å². The number of amides is 3. The zero-order valence-corrected chi connectivity index (χ0v) is 22.5. The average Bonchev–Trinajstić information content (AvgIpc) is 3.63. The van der Waals surface area contributed by atoms with Crippen LogP contribution in [-0.2, 0) is 9.59 Å². The second-order valence-corrected chi connectivity index (χ2v) is 9.53. The molecule has 5 N–H and O–H groups in total. The van der Waals surface area contributed by atoms with Crippen LogP contribution in [0.15, 0.2) is 28.8 Å². The summed E-state index contributed by atoms with van der Waals surface area (Å²) in [5.74, 6) is -1.14. The SMILES string of the molecule is [B]C([B])([B])NC(=O)c1nnc(NC(=O)C2CC2)cc1Nc1cccc(-c2nc([C@H](NC(C)=O)[C@H](C)O)no2)c1OC. The molecule has 0 aliphatic heterocycles. The number of carbonyl (C=O) groups excluding carboxylic acids is 3. The molecule has 1 aromatic carbocycles. The minimum Gasteiger partial charge on any atom is -0.494 e. The smallest absolute Gasteiger partial charge is 0.272 e. The summed E-state index contributed by atoms with van der Waals surface area (Å²) < 4.78 is 11.0. The first-order valence-corrected chi connectivity index (χ1v) is 12.5. The number of nitrogens with one attached hydrogen (secondary N) is 4. The first-order chi connectivity index (χ1) is 19.4. The number of hydrogen-bond donors (Lipinski definition) is 5. The van der Waals surface area contributed by atoms with Crippen LogP contribution in [0.2, 0.25) is 0 Å². The number of aromatic nitrogens is 4. The van der Waals surface area contributed by atoms with Crippen molar-refractivity contribution in [2.75, 3.05) is 17.7 Å². The Morgan fingerprint density at radius 3 is 2.51 bits per heavy atom. The number of ether oxygens (including phenoxy) is 1. The van der Waals surface area contributed by atoms with E-state index in [1.54, 1.807) is 18.2 Å². The number of aliphatic hydroxyl groups excluding tert-OH is 1. The van der Waals surface area contributed by atoms with E-state index in [9.17, 15) is 19.5 Å². The van der Waals surface area contributed by atoms with Gasteiger partial charge < -0.3 is 35.6 Å². The number of aliphatic hydroxyl groups is 1. The van der Waals surface area contributed by atoms with E-state index >= 15 is 0 Å². The average molecular weight is 554 g/mol. The third kappa shape index (κ3) is 7.42. The van der Waals surface area contributed by atoms with Crippen LogP contribution in [-0.4, -0.2) is 85.2 Å². The Morgan fingerprint density at radius 1 is 1.17 bits per heavy atom. The highest BCUT2D eigenvalue weighted by molar-refractivity contribution is 6.60. The number of carbonyl (C=O) groups is 3. The molecule has 41 heavy (non-hydrogen) atoms. The number of methoxy groups -OCH3 is 1. The zero-order valence-electron chi connectivity index (χ0n) is 22.5. The van der Waals surface area contributed by atoms with Gasteiger partial charge in [0, 0.05) is 18.9 Å². The molecule has 4 rings (SSSR count). The van der Waals surface area contributed by atoms with Crippen LogP contribution in [0.4, 0.5) is 17.2 Å². The fourth-order valence-corrected chi connectivity index (χ4v) is 3.80. The van der Waals surface area contributed by atoms with Gasteiger partial charge in [-0.25, -0.2) is 0 Å². The summed E-state index contributed by atoms with van der Waals surface area (Å²) in [5, 5.41) is 30.3. The van der Waals surface area contributed by atoms with Crippen molar-refractivity contribution in [3.05, 3.63) is 35.8 Å². The molecule has 2 atom stereocenters. The van der Waals surface area contributed by atoms with Crippen molar-refractivity contribution in [3.8, 4) is 17.2 Å². The second kappa shape index (κ2) is 12.0. The molecule has 1 fully saturated rings. The summed E-state index contributed by atoms with van der Waals surface area (Å²) in [6.45, 7) is 2.78. The number of nitrogens with zero attached hydrogens (tertiary/aromatic N) is 4. The van der Waals surface area contributed by atoms with Gasteiger partial charge in [-0.05, 0) is 31.9 Å². The maximum absolute atomic E-state index is 12.9. The molecule has 0 bridgehead atoms. The summed E-state index contributed by atoms with van der Waals surface area (Å²) in [7, 11) is 18.0. The lowest BCUT2D eigenvalue weighted by Gasteiger charge is -2.23. The molecule has 0 spiro atoms. The van der Waals surface area contributed by atoms with Gasteiger partial charge in [0.2, 0.25) is 11.8 Å². The number of hydrogen-bond acceptors (Lipinski definition) is 11. The Hall–Kier alpha value is -4.40. The molecule has 2 heterocycles. The topological polar surface area (TPSA) is 193 Å².